The molecule has 0 aliphatic rings. The van der Waals surface area contributed by atoms with Crippen molar-refractivity contribution in [3.8, 4) is 11.5 Å². The van der Waals surface area contributed by atoms with Gasteiger partial charge in [0.25, 0.3) is 0 Å². The van der Waals surface area contributed by atoms with E-state index in [0.29, 0.717) is 23.1 Å². The zero-order valence-corrected chi connectivity index (χ0v) is 27.3. The molecule has 6 rings (SSSR count). The molecule has 4 aromatic carbocycles. The largest absolute Gasteiger partial charge is 0.506 e. The van der Waals surface area contributed by atoms with Gasteiger partial charge in [0.05, 0.1) is 10.6 Å². The number of azo groups is 2. The zero-order chi connectivity index (χ0) is 31.3. The molecule has 0 saturated heterocycles. The number of benzene rings is 4. The van der Waals surface area contributed by atoms with Gasteiger partial charge < -0.3 is 10.2 Å². The third-order valence-electron chi connectivity index (χ3n) is 6.28. The second kappa shape index (κ2) is 14.3. The molecule has 8 nitrogen and oxygen atoms in total. The molecule has 2 heterocycles. The molecular weight excluding hydrogens is 658 g/mol. The normalized spacial score (nSPS) is 11.5. The number of hydrogen-bond acceptors (Lipinski definition) is 8. The smallest absolute Gasteiger partial charge is 0.417 e. The Morgan fingerprint density at radius 1 is 0.689 bits per heavy atom. The molecule has 0 unspecified atom stereocenters. The van der Waals surface area contributed by atoms with Crippen molar-refractivity contribution < 1.29 is 42.9 Å². The molecule has 0 radical (unpaired) electrons. The van der Waals surface area contributed by atoms with E-state index in [2.05, 4.69) is 30.4 Å². The molecule has 0 bridgehead atoms. The Morgan fingerprint density at radius 3 is 1.78 bits per heavy atom. The number of phenols is 2. The monoisotopic (exact) mass is 678 g/mol. The summed E-state index contributed by atoms with van der Waals surface area (Å²) >= 11 is 5.78. The summed E-state index contributed by atoms with van der Waals surface area (Å²) in [6, 6.07) is 27.8. The molecule has 0 spiro atoms. The fourth-order valence-corrected chi connectivity index (χ4v) is 4.34. The van der Waals surface area contributed by atoms with E-state index in [-0.39, 0.29) is 47.5 Å². The molecule has 0 amide bonds. The van der Waals surface area contributed by atoms with Crippen molar-refractivity contribution in [1.29, 1.82) is 0 Å². The Hall–Kier alpha value is -4.80. The first-order valence-electron chi connectivity index (χ1n) is 13.0. The Balaban J connectivity index is 0.000000203. The number of pyridine rings is 2. The standard InChI is InChI=1S/C16H9ClF3N3O.C16H13N3O.Zn/c17-12-7-10(16(18,19)20)8-21-15(12)23-22-14-11-4-2-1-3-9(11)5-6-13(14)24;1-11-5-4-8-15(17-11)18-19-16-13-7-3-2-6-12(13)9-10-14(16)20;/h1-8,24H;2-10,20H,1H3;. The molecule has 0 aliphatic carbocycles. The van der Waals surface area contributed by atoms with E-state index in [1.165, 1.54) is 6.07 Å². The predicted molar refractivity (Wildman–Crippen MR) is 163 cm³/mol. The van der Waals surface area contributed by atoms with Gasteiger partial charge in [-0.05, 0) is 48.0 Å². The fourth-order valence-electron chi connectivity index (χ4n) is 4.14. The van der Waals surface area contributed by atoms with Gasteiger partial charge in [-0.2, -0.15) is 13.2 Å². The zero-order valence-electron chi connectivity index (χ0n) is 23.6. The van der Waals surface area contributed by atoms with Gasteiger partial charge in [-0.3, -0.25) is 0 Å². The molecule has 222 valence electrons. The number of rotatable bonds is 4. The van der Waals surface area contributed by atoms with Crippen LogP contribution in [0.3, 0.4) is 0 Å². The first-order chi connectivity index (χ1) is 21.1. The van der Waals surface area contributed by atoms with Crippen LogP contribution in [0.25, 0.3) is 21.5 Å². The number of phenolic OH excluding ortho intramolecular Hbond substituents is 2. The van der Waals surface area contributed by atoms with Crippen LogP contribution in [0.1, 0.15) is 11.3 Å². The summed E-state index contributed by atoms with van der Waals surface area (Å²) in [4.78, 5) is 7.83. The molecule has 0 saturated carbocycles. The average Bonchev–Trinajstić information content (AvgIpc) is 3.00. The SMILES string of the molecule is Cc1cccc(N=Nc2c(O)ccc3ccccc23)n1.Oc1ccc2ccccc2c1N=Nc1ncc(C(F)(F)F)cc1Cl.[Zn]. The number of aryl methyl sites for hydroxylation is 1. The number of aromatic nitrogens is 2. The minimum Gasteiger partial charge on any atom is -0.506 e. The number of nitrogens with zero attached hydrogens (tertiary/aromatic N) is 6. The van der Waals surface area contributed by atoms with E-state index in [4.69, 9.17) is 11.6 Å². The average molecular weight is 680 g/mol. The van der Waals surface area contributed by atoms with Crippen LogP contribution in [-0.4, -0.2) is 20.2 Å². The van der Waals surface area contributed by atoms with Crippen LogP contribution in [-0.2, 0) is 25.7 Å². The van der Waals surface area contributed by atoms with E-state index in [1.807, 2.05) is 61.5 Å². The maximum atomic E-state index is 12.6. The van der Waals surface area contributed by atoms with Gasteiger partial charge >= 0.3 is 6.18 Å². The van der Waals surface area contributed by atoms with Gasteiger partial charge in [0.15, 0.2) is 11.6 Å². The second-order valence-electron chi connectivity index (χ2n) is 9.37. The minimum atomic E-state index is -4.54. The summed E-state index contributed by atoms with van der Waals surface area (Å²) in [7, 11) is 0. The maximum Gasteiger partial charge on any atom is 0.417 e. The Morgan fingerprint density at radius 2 is 1.24 bits per heavy atom. The van der Waals surface area contributed by atoms with Gasteiger partial charge in [-0.1, -0.05) is 78.3 Å². The Bertz CT molecular complexity index is 2040. The second-order valence-corrected chi connectivity index (χ2v) is 9.78. The quantitative estimate of drug-likeness (QED) is 0.142. The van der Waals surface area contributed by atoms with E-state index in [9.17, 15) is 23.4 Å². The van der Waals surface area contributed by atoms with Gasteiger partial charge in [-0.15, -0.1) is 20.5 Å². The molecule has 45 heavy (non-hydrogen) atoms. The van der Waals surface area contributed by atoms with Crippen LogP contribution in [0.2, 0.25) is 5.02 Å². The van der Waals surface area contributed by atoms with Crippen LogP contribution >= 0.6 is 11.6 Å². The molecule has 2 N–H and O–H groups in total. The summed E-state index contributed by atoms with van der Waals surface area (Å²) in [5.74, 6) is 0.356. The van der Waals surface area contributed by atoms with E-state index in [1.54, 1.807) is 30.3 Å². The fraction of sp³-hybridized carbons (Fsp3) is 0.0625. The molecule has 0 atom stereocenters. The predicted octanol–water partition coefficient (Wildman–Crippen LogP) is 10.7. The molecule has 0 aliphatic heterocycles. The van der Waals surface area contributed by atoms with E-state index < -0.39 is 11.7 Å². The number of fused-ring (bicyclic) bond motifs is 2. The maximum absolute atomic E-state index is 12.6. The van der Waals surface area contributed by atoms with Crippen molar-refractivity contribution in [3.63, 3.8) is 0 Å². The topological polar surface area (TPSA) is 116 Å². The third kappa shape index (κ3) is 8.03. The first kappa shape index (κ1) is 33.1. The van der Waals surface area contributed by atoms with Gasteiger partial charge in [0.2, 0.25) is 0 Å². The molecule has 6 aromatic rings. The molecule has 0 fully saturated rings. The van der Waals surface area contributed by atoms with Crippen molar-refractivity contribution in [1.82, 2.24) is 9.97 Å². The van der Waals surface area contributed by atoms with Crippen molar-refractivity contribution in [2.45, 2.75) is 13.1 Å². The van der Waals surface area contributed by atoms with Crippen LogP contribution in [0.15, 0.2) is 124 Å². The summed E-state index contributed by atoms with van der Waals surface area (Å²) < 4.78 is 37.8. The van der Waals surface area contributed by atoms with Crippen molar-refractivity contribution >= 4 is 56.2 Å². The van der Waals surface area contributed by atoms with Crippen molar-refractivity contribution in [2.75, 3.05) is 0 Å². The number of alkyl halides is 3. The summed E-state index contributed by atoms with van der Waals surface area (Å²) in [6.07, 6.45) is -3.91. The summed E-state index contributed by atoms with van der Waals surface area (Å²) in [5.41, 5.74) is 0.556. The van der Waals surface area contributed by atoms with Crippen LogP contribution in [0.5, 0.6) is 11.5 Å². The summed E-state index contributed by atoms with van der Waals surface area (Å²) in [6.45, 7) is 1.90. The number of halogens is 4. The van der Waals surface area contributed by atoms with Crippen LogP contribution < -0.4 is 0 Å². The number of hydrogen-bond donors (Lipinski definition) is 2. The van der Waals surface area contributed by atoms with Crippen molar-refractivity contribution in [2.24, 2.45) is 20.5 Å². The van der Waals surface area contributed by atoms with Gasteiger partial charge in [0.1, 0.15) is 22.9 Å². The van der Waals surface area contributed by atoms with E-state index >= 15 is 0 Å². The Kier molecular flexibility index (Phi) is 10.5. The minimum absolute atomic E-state index is 0. The first-order valence-corrected chi connectivity index (χ1v) is 13.4. The van der Waals surface area contributed by atoms with Crippen LogP contribution in [0, 0.1) is 6.92 Å². The molecular formula is C32H22ClF3N6O2Zn. The number of aromatic hydroxyl groups is 2. The van der Waals surface area contributed by atoms with Gasteiger partial charge in [-0.25, -0.2) is 9.97 Å². The summed E-state index contributed by atoms with van der Waals surface area (Å²) in [5, 5.41) is 38.9. The molecule has 13 heteroatoms. The van der Waals surface area contributed by atoms with Crippen LogP contribution in [0.4, 0.5) is 36.2 Å². The molecule has 2 aromatic heterocycles. The van der Waals surface area contributed by atoms with Crippen molar-refractivity contribution in [3.05, 3.63) is 120 Å². The third-order valence-corrected chi connectivity index (χ3v) is 6.56. The Labute approximate surface area is 272 Å². The van der Waals surface area contributed by atoms with Gasteiger partial charge in [0, 0.05) is 42.1 Å². The van der Waals surface area contributed by atoms with E-state index in [0.717, 1.165) is 27.9 Å².